The second kappa shape index (κ2) is 7.17. The van der Waals surface area contributed by atoms with Crippen molar-refractivity contribution in [1.82, 2.24) is 9.88 Å². The fourth-order valence-electron chi connectivity index (χ4n) is 1.71. The monoisotopic (exact) mass is 352 g/mol. The zero-order valence-electron chi connectivity index (χ0n) is 11.4. The molecule has 1 aromatic heterocycles. The smallest absolute Gasteiger partial charge is 0.253 e. The Bertz CT molecular complexity index is 637. The molecule has 0 N–H and O–H groups in total. The average Bonchev–Trinajstić information content (AvgIpc) is 2.46. The van der Waals surface area contributed by atoms with Crippen LogP contribution in [0.15, 0.2) is 47.2 Å². The summed E-state index contributed by atoms with van der Waals surface area (Å²) in [6, 6.07) is 9.22. The highest BCUT2D eigenvalue weighted by atomic mass is 79.9. The Hall–Kier alpha value is -1.95. The molecule has 0 unspecified atom stereocenters. The summed E-state index contributed by atoms with van der Waals surface area (Å²) in [4.78, 5) is 17.7. The lowest BCUT2D eigenvalue weighted by Gasteiger charge is -2.17. The number of hydrogen-bond acceptors (Lipinski definition) is 3. The van der Waals surface area contributed by atoms with E-state index in [1.54, 1.807) is 42.4 Å². The minimum Gasteiger partial charge on any atom is -0.492 e. The van der Waals surface area contributed by atoms with E-state index in [0.717, 1.165) is 0 Å². The van der Waals surface area contributed by atoms with Gasteiger partial charge < -0.3 is 9.64 Å². The van der Waals surface area contributed by atoms with E-state index >= 15 is 0 Å². The van der Waals surface area contributed by atoms with E-state index in [-0.39, 0.29) is 18.3 Å². The van der Waals surface area contributed by atoms with E-state index in [4.69, 9.17) is 4.74 Å². The topological polar surface area (TPSA) is 42.4 Å². The molecule has 1 amide bonds. The summed E-state index contributed by atoms with van der Waals surface area (Å²) < 4.78 is 19.0. The van der Waals surface area contributed by atoms with E-state index in [2.05, 4.69) is 20.9 Å². The number of rotatable bonds is 5. The molecule has 0 saturated carbocycles. The number of aromatic nitrogens is 1. The van der Waals surface area contributed by atoms with Gasteiger partial charge in [0.2, 0.25) is 0 Å². The first-order valence-electron chi connectivity index (χ1n) is 6.31. The summed E-state index contributed by atoms with van der Waals surface area (Å²) in [6.07, 6.45) is 1.56. The second-order valence-corrected chi connectivity index (χ2v) is 5.21. The standard InChI is InChI=1S/C15H14BrFN2O2/c1-19(15(20)11-5-6-18-14(16)9-11)7-8-21-13-4-2-3-12(17)10-13/h2-6,9-10H,7-8H2,1H3. The summed E-state index contributed by atoms with van der Waals surface area (Å²) >= 11 is 3.23. The van der Waals surface area contributed by atoms with Gasteiger partial charge in [0.1, 0.15) is 22.8 Å². The Morgan fingerprint density at radius 3 is 2.90 bits per heavy atom. The summed E-state index contributed by atoms with van der Waals surface area (Å²) in [5, 5.41) is 0. The number of amides is 1. The molecule has 0 spiro atoms. The second-order valence-electron chi connectivity index (χ2n) is 4.40. The van der Waals surface area contributed by atoms with Gasteiger partial charge in [0.25, 0.3) is 5.91 Å². The molecule has 0 radical (unpaired) electrons. The Labute approximate surface area is 130 Å². The van der Waals surface area contributed by atoms with Gasteiger partial charge in [0.05, 0.1) is 6.54 Å². The van der Waals surface area contributed by atoms with Gasteiger partial charge in [-0.25, -0.2) is 9.37 Å². The van der Waals surface area contributed by atoms with E-state index in [1.165, 1.54) is 12.1 Å². The highest BCUT2D eigenvalue weighted by Gasteiger charge is 2.12. The molecule has 0 fully saturated rings. The van der Waals surface area contributed by atoms with Gasteiger partial charge >= 0.3 is 0 Å². The van der Waals surface area contributed by atoms with Crippen LogP contribution in [0.2, 0.25) is 0 Å². The van der Waals surface area contributed by atoms with Crippen molar-refractivity contribution >= 4 is 21.8 Å². The van der Waals surface area contributed by atoms with Gasteiger partial charge in [-0.05, 0) is 40.2 Å². The molecule has 0 aliphatic heterocycles. The van der Waals surface area contributed by atoms with Gasteiger partial charge in [0.15, 0.2) is 0 Å². The summed E-state index contributed by atoms with van der Waals surface area (Å²) in [6.45, 7) is 0.688. The molecular weight excluding hydrogens is 339 g/mol. The zero-order chi connectivity index (χ0) is 15.2. The van der Waals surface area contributed by atoms with Crippen molar-refractivity contribution in [3.05, 3.63) is 58.6 Å². The molecule has 0 aliphatic carbocycles. The van der Waals surface area contributed by atoms with Crippen LogP contribution in [0.4, 0.5) is 4.39 Å². The third-order valence-corrected chi connectivity index (χ3v) is 3.25. The molecule has 0 bridgehead atoms. The van der Waals surface area contributed by atoms with Crippen molar-refractivity contribution in [1.29, 1.82) is 0 Å². The average molecular weight is 353 g/mol. The Balaban J connectivity index is 1.87. The SMILES string of the molecule is CN(CCOc1cccc(F)c1)C(=O)c1ccnc(Br)c1. The number of likely N-dealkylation sites (N-methyl/N-ethyl adjacent to an activating group) is 1. The van der Waals surface area contributed by atoms with Crippen LogP contribution in [-0.4, -0.2) is 36.0 Å². The lowest BCUT2D eigenvalue weighted by atomic mass is 10.2. The predicted molar refractivity (Wildman–Crippen MR) is 80.8 cm³/mol. The first-order chi connectivity index (χ1) is 10.1. The Morgan fingerprint density at radius 1 is 1.38 bits per heavy atom. The van der Waals surface area contributed by atoms with Crippen molar-refractivity contribution in [2.45, 2.75) is 0 Å². The number of pyridine rings is 1. The van der Waals surface area contributed by atoms with Gasteiger partial charge in [-0.1, -0.05) is 6.07 Å². The number of halogens is 2. The maximum absolute atomic E-state index is 13.0. The third-order valence-electron chi connectivity index (χ3n) is 2.81. The molecule has 2 rings (SSSR count). The van der Waals surface area contributed by atoms with Crippen molar-refractivity contribution in [3.8, 4) is 5.75 Å². The Kier molecular flexibility index (Phi) is 5.27. The predicted octanol–water partition coefficient (Wildman–Crippen LogP) is 3.13. The number of ether oxygens (including phenoxy) is 1. The minimum absolute atomic E-state index is 0.124. The van der Waals surface area contributed by atoms with Crippen molar-refractivity contribution in [2.75, 3.05) is 20.2 Å². The largest absolute Gasteiger partial charge is 0.492 e. The van der Waals surface area contributed by atoms with Gasteiger partial charge in [-0.2, -0.15) is 0 Å². The van der Waals surface area contributed by atoms with Crippen LogP contribution in [0.5, 0.6) is 5.75 Å². The normalized spacial score (nSPS) is 10.2. The van der Waals surface area contributed by atoms with Crippen molar-refractivity contribution < 1.29 is 13.9 Å². The fraction of sp³-hybridized carbons (Fsp3) is 0.200. The van der Waals surface area contributed by atoms with E-state index in [1.807, 2.05) is 0 Å². The molecule has 0 aliphatic rings. The molecule has 1 heterocycles. The van der Waals surface area contributed by atoms with E-state index < -0.39 is 0 Å². The highest BCUT2D eigenvalue weighted by Crippen LogP contribution is 2.12. The number of carbonyl (C=O) groups excluding carboxylic acids is 1. The lowest BCUT2D eigenvalue weighted by molar-refractivity contribution is 0.0773. The van der Waals surface area contributed by atoms with Crippen molar-refractivity contribution in [3.63, 3.8) is 0 Å². The maximum Gasteiger partial charge on any atom is 0.253 e. The molecule has 6 heteroatoms. The minimum atomic E-state index is -0.349. The molecule has 0 atom stereocenters. The molecule has 1 aromatic carbocycles. The van der Waals surface area contributed by atoms with Crippen LogP contribution < -0.4 is 4.74 Å². The first kappa shape index (κ1) is 15.4. The van der Waals surface area contributed by atoms with Crippen LogP contribution in [0.3, 0.4) is 0 Å². The quantitative estimate of drug-likeness (QED) is 0.776. The molecular formula is C15H14BrFN2O2. The van der Waals surface area contributed by atoms with Gasteiger partial charge in [0, 0.05) is 24.9 Å². The zero-order valence-corrected chi connectivity index (χ0v) is 13.0. The molecule has 110 valence electrons. The Morgan fingerprint density at radius 2 is 2.19 bits per heavy atom. The maximum atomic E-state index is 13.0. The summed E-state index contributed by atoms with van der Waals surface area (Å²) in [5.74, 6) is -0.0259. The third kappa shape index (κ3) is 4.53. The molecule has 0 saturated heterocycles. The number of benzene rings is 1. The summed E-state index contributed by atoms with van der Waals surface area (Å²) in [5.41, 5.74) is 0.546. The molecule has 21 heavy (non-hydrogen) atoms. The molecule has 4 nitrogen and oxygen atoms in total. The van der Waals surface area contributed by atoms with Gasteiger partial charge in [-0.15, -0.1) is 0 Å². The first-order valence-corrected chi connectivity index (χ1v) is 7.11. The number of hydrogen-bond donors (Lipinski definition) is 0. The van der Waals surface area contributed by atoms with Crippen molar-refractivity contribution in [2.24, 2.45) is 0 Å². The van der Waals surface area contributed by atoms with Gasteiger partial charge in [-0.3, -0.25) is 4.79 Å². The number of nitrogens with zero attached hydrogens (tertiary/aromatic N) is 2. The van der Waals surface area contributed by atoms with Crippen LogP contribution in [0.25, 0.3) is 0 Å². The fourth-order valence-corrected chi connectivity index (χ4v) is 2.08. The lowest BCUT2D eigenvalue weighted by Crippen LogP contribution is -2.30. The van der Waals surface area contributed by atoms with Crippen LogP contribution in [0.1, 0.15) is 10.4 Å². The van der Waals surface area contributed by atoms with Crippen LogP contribution >= 0.6 is 15.9 Å². The summed E-state index contributed by atoms with van der Waals surface area (Å²) in [7, 11) is 1.69. The number of carbonyl (C=O) groups is 1. The highest BCUT2D eigenvalue weighted by molar-refractivity contribution is 9.10. The van der Waals surface area contributed by atoms with E-state index in [0.29, 0.717) is 22.5 Å². The van der Waals surface area contributed by atoms with E-state index in [9.17, 15) is 9.18 Å². The molecule has 2 aromatic rings. The van der Waals surface area contributed by atoms with Crippen LogP contribution in [0, 0.1) is 5.82 Å². The van der Waals surface area contributed by atoms with Crippen LogP contribution in [-0.2, 0) is 0 Å².